The summed E-state index contributed by atoms with van der Waals surface area (Å²) in [6.07, 6.45) is 5.47. The average molecular weight is 344 g/mol. The zero-order valence-electron chi connectivity index (χ0n) is 12.6. The van der Waals surface area contributed by atoms with Crippen LogP contribution >= 0.6 is 0 Å². The van der Waals surface area contributed by atoms with Gasteiger partial charge in [-0.3, -0.25) is 14.9 Å². The van der Waals surface area contributed by atoms with Crippen LogP contribution in [-0.2, 0) is 4.79 Å². The van der Waals surface area contributed by atoms with Crippen LogP contribution in [0.25, 0.3) is 17.3 Å². The number of halogens is 3. The van der Waals surface area contributed by atoms with E-state index in [4.69, 9.17) is 0 Å². The molecule has 0 spiro atoms. The van der Waals surface area contributed by atoms with E-state index in [9.17, 15) is 18.0 Å². The van der Waals surface area contributed by atoms with E-state index in [1.807, 2.05) is 0 Å². The predicted octanol–water partition coefficient (Wildman–Crippen LogP) is 3.54. The van der Waals surface area contributed by atoms with E-state index in [0.717, 1.165) is 23.8 Å². The summed E-state index contributed by atoms with van der Waals surface area (Å²) in [4.78, 5) is 15.8. The van der Waals surface area contributed by atoms with E-state index in [1.54, 1.807) is 30.6 Å². The van der Waals surface area contributed by atoms with Crippen molar-refractivity contribution in [2.45, 2.75) is 0 Å². The molecule has 25 heavy (non-hydrogen) atoms. The summed E-state index contributed by atoms with van der Waals surface area (Å²) < 4.78 is 39.1. The highest BCUT2D eigenvalue weighted by Gasteiger charge is 2.09. The maximum Gasteiger partial charge on any atom is 0.249 e. The lowest BCUT2D eigenvalue weighted by Crippen LogP contribution is -2.07. The third-order valence-electron chi connectivity index (χ3n) is 3.25. The summed E-state index contributed by atoms with van der Waals surface area (Å²) in [5.74, 6) is -4.40. The molecule has 0 saturated heterocycles. The minimum Gasteiger partial charge on any atom is -0.307 e. The number of benzene rings is 1. The van der Waals surface area contributed by atoms with Gasteiger partial charge >= 0.3 is 0 Å². The van der Waals surface area contributed by atoms with E-state index in [-0.39, 0.29) is 5.56 Å². The van der Waals surface area contributed by atoms with Crippen LogP contribution in [0.2, 0.25) is 0 Å². The molecule has 2 N–H and O–H groups in total. The largest absolute Gasteiger partial charge is 0.307 e. The quantitative estimate of drug-likeness (QED) is 0.562. The molecule has 0 aliphatic rings. The summed E-state index contributed by atoms with van der Waals surface area (Å²) in [5.41, 5.74) is 1.46. The number of aromatic nitrogens is 3. The molecule has 126 valence electrons. The van der Waals surface area contributed by atoms with Crippen LogP contribution in [0.1, 0.15) is 5.56 Å². The van der Waals surface area contributed by atoms with Gasteiger partial charge in [-0.2, -0.15) is 5.10 Å². The zero-order valence-corrected chi connectivity index (χ0v) is 12.6. The van der Waals surface area contributed by atoms with Crippen LogP contribution in [0.5, 0.6) is 0 Å². The Kier molecular flexibility index (Phi) is 4.60. The van der Waals surface area contributed by atoms with Gasteiger partial charge in [-0.25, -0.2) is 13.2 Å². The van der Waals surface area contributed by atoms with Crippen LogP contribution in [0.3, 0.4) is 0 Å². The van der Waals surface area contributed by atoms with Crippen molar-refractivity contribution >= 4 is 17.8 Å². The molecule has 0 unspecified atom stereocenters. The third kappa shape index (κ3) is 3.92. The number of amides is 1. The molecule has 0 aliphatic heterocycles. The van der Waals surface area contributed by atoms with Crippen molar-refractivity contribution in [3.8, 4) is 11.3 Å². The van der Waals surface area contributed by atoms with Gasteiger partial charge in [-0.15, -0.1) is 0 Å². The van der Waals surface area contributed by atoms with E-state index in [0.29, 0.717) is 11.5 Å². The lowest BCUT2D eigenvalue weighted by atomic mass is 10.2. The summed E-state index contributed by atoms with van der Waals surface area (Å²) in [5, 5.41) is 9.23. The Morgan fingerprint density at radius 2 is 1.76 bits per heavy atom. The van der Waals surface area contributed by atoms with Gasteiger partial charge in [0.15, 0.2) is 17.5 Å². The molecule has 8 heteroatoms. The second-order valence-corrected chi connectivity index (χ2v) is 5.02. The fourth-order valence-corrected chi connectivity index (χ4v) is 2.07. The molecule has 2 aromatic heterocycles. The van der Waals surface area contributed by atoms with Crippen LogP contribution < -0.4 is 5.32 Å². The number of aromatic amines is 1. The van der Waals surface area contributed by atoms with Crippen LogP contribution in [0, 0.1) is 17.5 Å². The summed E-state index contributed by atoms with van der Waals surface area (Å²) in [6, 6.07) is 6.73. The van der Waals surface area contributed by atoms with Gasteiger partial charge in [0.2, 0.25) is 5.91 Å². The number of nitrogens with one attached hydrogen (secondary N) is 2. The molecule has 2 heterocycles. The van der Waals surface area contributed by atoms with Crippen molar-refractivity contribution in [1.82, 2.24) is 15.2 Å². The van der Waals surface area contributed by atoms with Gasteiger partial charge in [0.05, 0.1) is 5.69 Å². The van der Waals surface area contributed by atoms with Crippen LogP contribution in [0.4, 0.5) is 19.0 Å². The minimum atomic E-state index is -1.55. The normalized spacial score (nSPS) is 11.0. The summed E-state index contributed by atoms with van der Waals surface area (Å²) in [6.45, 7) is 0. The molecule has 0 fully saturated rings. The van der Waals surface area contributed by atoms with Crippen molar-refractivity contribution in [3.63, 3.8) is 0 Å². The number of carbonyl (C=O) groups is 1. The first kappa shape index (κ1) is 16.4. The third-order valence-corrected chi connectivity index (χ3v) is 3.25. The van der Waals surface area contributed by atoms with Crippen molar-refractivity contribution < 1.29 is 18.0 Å². The molecule has 0 atom stereocenters. The first-order chi connectivity index (χ1) is 12.0. The van der Waals surface area contributed by atoms with Crippen LogP contribution in [-0.4, -0.2) is 21.1 Å². The molecule has 3 aromatic rings. The minimum absolute atomic E-state index is 0.0219. The topological polar surface area (TPSA) is 70.7 Å². The lowest BCUT2D eigenvalue weighted by Gasteiger charge is -1.99. The maximum atomic E-state index is 13.1. The van der Waals surface area contributed by atoms with Crippen molar-refractivity contribution in [3.05, 3.63) is 71.8 Å². The Bertz CT molecular complexity index is 915. The summed E-state index contributed by atoms with van der Waals surface area (Å²) >= 11 is 0. The monoisotopic (exact) mass is 344 g/mol. The van der Waals surface area contributed by atoms with Crippen molar-refractivity contribution in [2.24, 2.45) is 0 Å². The maximum absolute atomic E-state index is 13.1. The predicted molar refractivity (Wildman–Crippen MR) is 85.8 cm³/mol. The molecule has 1 aromatic carbocycles. The Balaban J connectivity index is 1.68. The SMILES string of the molecule is O=C(C=Cc1cc(F)c(F)c(F)c1)Nc1cc(-c2ccncc2)n[nH]1. The van der Waals surface area contributed by atoms with Gasteiger partial charge in [-0.05, 0) is 35.9 Å². The molecule has 0 radical (unpaired) electrons. The molecular weight excluding hydrogens is 333 g/mol. The Morgan fingerprint density at radius 1 is 1.08 bits per heavy atom. The number of rotatable bonds is 4. The number of hydrogen-bond donors (Lipinski definition) is 2. The van der Waals surface area contributed by atoms with Gasteiger partial charge in [0, 0.05) is 30.1 Å². The first-order valence-corrected chi connectivity index (χ1v) is 7.12. The van der Waals surface area contributed by atoms with E-state index < -0.39 is 23.4 Å². The Morgan fingerprint density at radius 3 is 2.44 bits per heavy atom. The van der Waals surface area contributed by atoms with Gasteiger partial charge < -0.3 is 5.32 Å². The second-order valence-electron chi connectivity index (χ2n) is 5.02. The molecule has 3 rings (SSSR count). The fraction of sp³-hybridized carbons (Fsp3) is 0. The Hall–Kier alpha value is -3.42. The Labute approximate surface area is 140 Å². The standard InChI is InChI=1S/C17H11F3N4O/c18-12-7-10(8-13(19)17(12)20)1-2-16(25)22-15-9-14(23-24-15)11-3-5-21-6-4-11/h1-9H,(H2,22,23,24,25). The molecule has 0 saturated carbocycles. The summed E-state index contributed by atoms with van der Waals surface area (Å²) in [7, 11) is 0. The van der Waals surface area contributed by atoms with E-state index >= 15 is 0 Å². The second kappa shape index (κ2) is 7.00. The smallest absolute Gasteiger partial charge is 0.249 e. The van der Waals surface area contributed by atoms with Crippen molar-refractivity contribution in [1.29, 1.82) is 0 Å². The van der Waals surface area contributed by atoms with Gasteiger partial charge in [0.1, 0.15) is 5.82 Å². The molecule has 1 amide bonds. The fourth-order valence-electron chi connectivity index (χ4n) is 2.07. The molecule has 0 bridgehead atoms. The van der Waals surface area contributed by atoms with E-state index in [2.05, 4.69) is 20.5 Å². The van der Waals surface area contributed by atoms with Crippen LogP contribution in [0.15, 0.2) is 48.8 Å². The average Bonchev–Trinajstić information content (AvgIpc) is 3.07. The number of hydrogen-bond acceptors (Lipinski definition) is 3. The van der Waals surface area contributed by atoms with Crippen molar-refractivity contribution in [2.75, 3.05) is 5.32 Å². The molecule has 0 aliphatic carbocycles. The number of pyridine rings is 1. The zero-order chi connectivity index (χ0) is 17.8. The van der Waals surface area contributed by atoms with Gasteiger partial charge in [0.25, 0.3) is 0 Å². The van der Waals surface area contributed by atoms with E-state index in [1.165, 1.54) is 6.08 Å². The number of anilines is 1. The highest BCUT2D eigenvalue weighted by Crippen LogP contribution is 2.19. The first-order valence-electron chi connectivity index (χ1n) is 7.12. The number of nitrogens with zero attached hydrogens (tertiary/aromatic N) is 2. The highest BCUT2D eigenvalue weighted by molar-refractivity contribution is 6.01. The van der Waals surface area contributed by atoms with Gasteiger partial charge in [-0.1, -0.05) is 0 Å². The number of H-pyrrole nitrogens is 1. The lowest BCUT2D eigenvalue weighted by molar-refractivity contribution is -0.111. The molecule has 5 nitrogen and oxygen atoms in total. The highest BCUT2D eigenvalue weighted by atomic mass is 19.2. The number of carbonyl (C=O) groups excluding carboxylic acids is 1. The molecular formula is C17H11F3N4O.